The molecule has 2 heterocycles. The molecule has 0 saturated heterocycles. The zero-order valence-electron chi connectivity index (χ0n) is 10.5. The van der Waals surface area contributed by atoms with Crippen LogP contribution in [0.3, 0.4) is 0 Å². The van der Waals surface area contributed by atoms with Crippen LogP contribution in [0.15, 0.2) is 28.9 Å². The van der Waals surface area contributed by atoms with Crippen LogP contribution in [-0.4, -0.2) is 32.8 Å². The first-order valence-corrected chi connectivity index (χ1v) is 6.36. The molecular weight excluding hydrogens is 248 g/mol. The van der Waals surface area contributed by atoms with E-state index in [-0.39, 0.29) is 0 Å². The van der Waals surface area contributed by atoms with Crippen molar-refractivity contribution in [1.82, 2.24) is 19.7 Å². The molecule has 0 aliphatic rings. The van der Waals surface area contributed by atoms with Gasteiger partial charge in [-0.15, -0.1) is 5.10 Å². The molecule has 2 aromatic heterocycles. The lowest BCUT2D eigenvalue weighted by molar-refractivity contribution is 0.224. The number of nitrogens with zero attached hydrogens (tertiary/aromatic N) is 4. The van der Waals surface area contributed by atoms with Crippen LogP contribution >= 0.6 is 12.2 Å². The lowest BCUT2D eigenvalue weighted by Crippen LogP contribution is -2.26. The van der Waals surface area contributed by atoms with Crippen molar-refractivity contribution in [2.45, 2.75) is 20.5 Å². The first-order chi connectivity index (χ1) is 8.74. The molecule has 96 valence electrons. The number of aromatic nitrogens is 3. The highest BCUT2D eigenvalue weighted by molar-refractivity contribution is 7.71. The van der Waals surface area contributed by atoms with Crippen molar-refractivity contribution in [3.63, 3.8) is 0 Å². The largest absolute Gasteiger partial charge is 0.409 e. The summed E-state index contributed by atoms with van der Waals surface area (Å²) in [7, 11) is 0. The van der Waals surface area contributed by atoms with E-state index in [0.29, 0.717) is 17.4 Å². The molecular formula is C12H16N4OS. The molecule has 0 N–H and O–H groups in total. The van der Waals surface area contributed by atoms with Gasteiger partial charge in [-0.05, 0) is 37.4 Å². The fraction of sp³-hybridized carbons (Fsp3) is 0.417. The van der Waals surface area contributed by atoms with Crippen molar-refractivity contribution >= 4 is 12.2 Å². The summed E-state index contributed by atoms with van der Waals surface area (Å²) in [5.74, 6) is 0.537. The predicted molar refractivity (Wildman–Crippen MR) is 71.5 cm³/mol. The fourth-order valence-electron chi connectivity index (χ4n) is 1.62. The molecule has 0 radical (unpaired) electrons. The Labute approximate surface area is 111 Å². The zero-order chi connectivity index (χ0) is 13.0. The summed E-state index contributed by atoms with van der Waals surface area (Å²) in [6.45, 7) is 6.78. The van der Waals surface area contributed by atoms with Crippen LogP contribution in [0.2, 0.25) is 0 Å². The Bertz CT molecular complexity index is 545. The molecule has 18 heavy (non-hydrogen) atoms. The Balaban J connectivity index is 2.25. The van der Waals surface area contributed by atoms with Crippen LogP contribution in [0.1, 0.15) is 13.8 Å². The Kier molecular flexibility index (Phi) is 4.22. The third-order valence-electron chi connectivity index (χ3n) is 2.76. The van der Waals surface area contributed by atoms with Gasteiger partial charge in [0.2, 0.25) is 5.89 Å². The SMILES string of the molecule is CCN(CC)Cn1nc(-c2ccncc2)oc1=S. The Morgan fingerprint density at radius 2 is 1.94 bits per heavy atom. The van der Waals surface area contributed by atoms with Gasteiger partial charge in [-0.25, -0.2) is 4.68 Å². The molecule has 0 atom stereocenters. The predicted octanol–water partition coefficient (Wildman–Crippen LogP) is 2.57. The van der Waals surface area contributed by atoms with E-state index in [4.69, 9.17) is 16.6 Å². The Morgan fingerprint density at radius 1 is 1.28 bits per heavy atom. The van der Waals surface area contributed by atoms with Crippen LogP contribution in [0.4, 0.5) is 0 Å². The van der Waals surface area contributed by atoms with Gasteiger partial charge in [0, 0.05) is 18.0 Å². The molecule has 5 nitrogen and oxygen atoms in total. The molecule has 0 fully saturated rings. The van der Waals surface area contributed by atoms with E-state index in [1.807, 2.05) is 12.1 Å². The third-order valence-corrected chi connectivity index (χ3v) is 3.06. The molecule has 6 heteroatoms. The van der Waals surface area contributed by atoms with E-state index in [1.165, 1.54) is 0 Å². The van der Waals surface area contributed by atoms with Gasteiger partial charge >= 0.3 is 0 Å². The van der Waals surface area contributed by atoms with Crippen LogP contribution in [0, 0.1) is 4.84 Å². The molecule has 2 aromatic rings. The molecule has 0 saturated carbocycles. The van der Waals surface area contributed by atoms with E-state index < -0.39 is 0 Å². The summed E-state index contributed by atoms with van der Waals surface area (Å²) >= 11 is 5.18. The monoisotopic (exact) mass is 264 g/mol. The van der Waals surface area contributed by atoms with Gasteiger partial charge in [0.25, 0.3) is 4.84 Å². The second-order valence-corrected chi connectivity index (χ2v) is 4.20. The Morgan fingerprint density at radius 3 is 2.56 bits per heavy atom. The van der Waals surface area contributed by atoms with Gasteiger partial charge < -0.3 is 4.42 Å². The molecule has 0 aliphatic carbocycles. The smallest absolute Gasteiger partial charge is 0.288 e. The molecule has 0 spiro atoms. The van der Waals surface area contributed by atoms with Crippen molar-refractivity contribution < 1.29 is 4.42 Å². The minimum absolute atomic E-state index is 0.397. The van der Waals surface area contributed by atoms with E-state index >= 15 is 0 Å². The minimum Gasteiger partial charge on any atom is -0.409 e. The maximum Gasteiger partial charge on any atom is 0.288 e. The lowest BCUT2D eigenvalue weighted by atomic mass is 10.3. The lowest BCUT2D eigenvalue weighted by Gasteiger charge is -2.16. The van der Waals surface area contributed by atoms with Crippen LogP contribution in [-0.2, 0) is 6.67 Å². The van der Waals surface area contributed by atoms with Crippen molar-refractivity contribution in [3.8, 4) is 11.5 Å². The van der Waals surface area contributed by atoms with E-state index in [9.17, 15) is 0 Å². The maximum absolute atomic E-state index is 5.50. The van der Waals surface area contributed by atoms with Crippen LogP contribution < -0.4 is 0 Å². The van der Waals surface area contributed by atoms with Crippen molar-refractivity contribution in [2.24, 2.45) is 0 Å². The van der Waals surface area contributed by atoms with E-state index in [1.54, 1.807) is 17.1 Å². The van der Waals surface area contributed by atoms with Crippen LogP contribution in [0.5, 0.6) is 0 Å². The Hall–Kier alpha value is -1.53. The van der Waals surface area contributed by atoms with Crippen LogP contribution in [0.25, 0.3) is 11.5 Å². The van der Waals surface area contributed by atoms with Crippen molar-refractivity contribution in [2.75, 3.05) is 13.1 Å². The molecule has 0 unspecified atom stereocenters. The standard InChI is InChI=1S/C12H16N4OS/c1-3-15(4-2)9-16-12(18)17-11(14-16)10-5-7-13-8-6-10/h5-8H,3-4,9H2,1-2H3. The van der Waals surface area contributed by atoms with E-state index in [2.05, 4.69) is 28.8 Å². The van der Waals surface area contributed by atoms with Gasteiger partial charge in [0.15, 0.2) is 0 Å². The van der Waals surface area contributed by atoms with Gasteiger partial charge in [0.1, 0.15) is 0 Å². The highest BCUT2D eigenvalue weighted by atomic mass is 32.1. The highest BCUT2D eigenvalue weighted by Gasteiger charge is 2.09. The average molecular weight is 264 g/mol. The van der Waals surface area contributed by atoms with Crippen molar-refractivity contribution in [3.05, 3.63) is 29.4 Å². The number of hydrogen-bond donors (Lipinski definition) is 0. The number of rotatable bonds is 5. The summed E-state index contributed by atoms with van der Waals surface area (Å²) in [5, 5.41) is 4.39. The average Bonchev–Trinajstić information content (AvgIpc) is 2.78. The molecule has 0 aromatic carbocycles. The summed E-state index contributed by atoms with van der Waals surface area (Å²) in [6, 6.07) is 3.70. The van der Waals surface area contributed by atoms with Gasteiger partial charge in [-0.2, -0.15) is 0 Å². The normalized spacial score (nSPS) is 11.1. The molecule has 0 bridgehead atoms. The first kappa shape index (κ1) is 12.9. The van der Waals surface area contributed by atoms with Crippen molar-refractivity contribution in [1.29, 1.82) is 0 Å². The summed E-state index contributed by atoms with van der Waals surface area (Å²) in [4.78, 5) is 6.58. The number of hydrogen-bond acceptors (Lipinski definition) is 5. The molecule has 2 rings (SSSR count). The second kappa shape index (κ2) is 5.88. The first-order valence-electron chi connectivity index (χ1n) is 5.95. The quantitative estimate of drug-likeness (QED) is 0.777. The maximum atomic E-state index is 5.50. The highest BCUT2D eigenvalue weighted by Crippen LogP contribution is 2.16. The third kappa shape index (κ3) is 2.83. The minimum atomic E-state index is 0.397. The topological polar surface area (TPSA) is 47.1 Å². The zero-order valence-corrected chi connectivity index (χ0v) is 11.4. The van der Waals surface area contributed by atoms with Gasteiger partial charge in [0.05, 0.1) is 6.67 Å². The van der Waals surface area contributed by atoms with Gasteiger partial charge in [-0.1, -0.05) is 13.8 Å². The summed E-state index contributed by atoms with van der Waals surface area (Å²) in [6.07, 6.45) is 3.41. The summed E-state index contributed by atoms with van der Waals surface area (Å²) in [5.41, 5.74) is 0.884. The van der Waals surface area contributed by atoms with E-state index in [0.717, 1.165) is 18.7 Å². The second-order valence-electron chi connectivity index (χ2n) is 3.85. The summed E-state index contributed by atoms with van der Waals surface area (Å²) < 4.78 is 7.21. The number of pyridine rings is 1. The fourth-order valence-corrected chi connectivity index (χ4v) is 1.80. The molecule has 0 amide bonds. The van der Waals surface area contributed by atoms with Gasteiger partial charge in [-0.3, -0.25) is 9.88 Å². The molecule has 0 aliphatic heterocycles.